The first-order valence-corrected chi connectivity index (χ1v) is 6.13. The highest BCUT2D eigenvalue weighted by atomic mass is 19.2. The van der Waals surface area contributed by atoms with Gasteiger partial charge >= 0.3 is 0 Å². The molecule has 0 saturated carbocycles. The SMILES string of the molecule is CN(C)c1ccc(C#Cc2c(F)c(F)c(F)c(F)c2F)cc1. The second kappa shape index (κ2) is 6.06. The van der Waals surface area contributed by atoms with E-state index in [9.17, 15) is 22.0 Å². The molecule has 0 atom stereocenters. The van der Waals surface area contributed by atoms with Gasteiger partial charge in [-0.2, -0.15) is 0 Å². The lowest BCUT2D eigenvalue weighted by molar-refractivity contribution is 0.376. The average Bonchev–Trinajstić information content (AvgIpc) is 2.51. The highest BCUT2D eigenvalue weighted by Gasteiger charge is 2.24. The number of anilines is 1. The number of hydrogen-bond donors (Lipinski definition) is 0. The van der Waals surface area contributed by atoms with Gasteiger partial charge in [-0.15, -0.1) is 0 Å². The number of nitrogens with zero attached hydrogens (tertiary/aromatic N) is 1. The minimum absolute atomic E-state index is 0.384. The molecule has 0 N–H and O–H groups in total. The Morgan fingerprint density at radius 3 is 1.59 bits per heavy atom. The first-order valence-electron chi connectivity index (χ1n) is 6.13. The molecule has 0 bridgehead atoms. The van der Waals surface area contributed by atoms with Crippen molar-refractivity contribution in [2.24, 2.45) is 0 Å². The van der Waals surface area contributed by atoms with Gasteiger partial charge < -0.3 is 4.90 Å². The summed E-state index contributed by atoms with van der Waals surface area (Å²) >= 11 is 0. The molecule has 2 aromatic carbocycles. The van der Waals surface area contributed by atoms with E-state index in [1.54, 1.807) is 24.3 Å². The highest BCUT2D eigenvalue weighted by molar-refractivity contribution is 5.51. The van der Waals surface area contributed by atoms with Crippen molar-refractivity contribution < 1.29 is 22.0 Å². The summed E-state index contributed by atoms with van der Waals surface area (Å²) in [6.07, 6.45) is 0. The molecule has 0 heterocycles. The normalized spacial score (nSPS) is 10.1. The van der Waals surface area contributed by atoms with Crippen LogP contribution in [-0.4, -0.2) is 14.1 Å². The Morgan fingerprint density at radius 1 is 0.682 bits per heavy atom. The fourth-order valence-electron chi connectivity index (χ4n) is 1.69. The van der Waals surface area contributed by atoms with Crippen LogP contribution in [0.3, 0.4) is 0 Å². The van der Waals surface area contributed by atoms with Gasteiger partial charge in [-0.05, 0) is 24.3 Å². The van der Waals surface area contributed by atoms with E-state index in [1.165, 1.54) is 0 Å². The van der Waals surface area contributed by atoms with Gasteiger partial charge in [0.25, 0.3) is 0 Å². The van der Waals surface area contributed by atoms with Crippen molar-refractivity contribution in [3.8, 4) is 11.8 Å². The Bertz CT molecular complexity index is 741. The van der Waals surface area contributed by atoms with Crippen molar-refractivity contribution in [1.82, 2.24) is 0 Å². The lowest BCUT2D eigenvalue weighted by Crippen LogP contribution is -2.07. The second-order valence-corrected chi connectivity index (χ2v) is 4.64. The molecule has 0 aliphatic heterocycles. The maximum absolute atomic E-state index is 13.4. The van der Waals surface area contributed by atoms with Crippen LogP contribution in [0.15, 0.2) is 24.3 Å². The van der Waals surface area contributed by atoms with Gasteiger partial charge in [0.2, 0.25) is 5.82 Å². The molecule has 0 amide bonds. The van der Waals surface area contributed by atoms with Crippen molar-refractivity contribution in [3.63, 3.8) is 0 Å². The summed E-state index contributed by atoms with van der Waals surface area (Å²) in [4.78, 5) is 1.83. The summed E-state index contributed by atoms with van der Waals surface area (Å²) < 4.78 is 65.9. The van der Waals surface area contributed by atoms with Gasteiger partial charge in [0.15, 0.2) is 23.3 Å². The van der Waals surface area contributed by atoms with Crippen LogP contribution < -0.4 is 4.90 Å². The van der Waals surface area contributed by atoms with E-state index >= 15 is 0 Å². The average molecular weight is 311 g/mol. The molecule has 0 saturated heterocycles. The molecular weight excluding hydrogens is 301 g/mol. The third kappa shape index (κ3) is 2.89. The van der Waals surface area contributed by atoms with Crippen molar-refractivity contribution in [2.75, 3.05) is 19.0 Å². The Labute approximate surface area is 124 Å². The van der Waals surface area contributed by atoms with Gasteiger partial charge in [-0.25, -0.2) is 22.0 Å². The minimum atomic E-state index is -2.20. The van der Waals surface area contributed by atoms with Crippen LogP contribution >= 0.6 is 0 Å². The third-order valence-electron chi connectivity index (χ3n) is 2.93. The summed E-state index contributed by atoms with van der Waals surface area (Å²) in [5, 5.41) is 0. The van der Waals surface area contributed by atoms with Crippen molar-refractivity contribution >= 4 is 5.69 Å². The molecule has 114 valence electrons. The Balaban J connectivity index is 2.44. The van der Waals surface area contributed by atoms with Crippen LogP contribution in [0.4, 0.5) is 27.6 Å². The van der Waals surface area contributed by atoms with Gasteiger partial charge in [0.05, 0.1) is 0 Å². The van der Waals surface area contributed by atoms with Gasteiger partial charge in [0, 0.05) is 25.3 Å². The van der Waals surface area contributed by atoms with Crippen molar-refractivity contribution in [2.45, 2.75) is 0 Å². The van der Waals surface area contributed by atoms with E-state index in [0.29, 0.717) is 5.56 Å². The van der Waals surface area contributed by atoms with Crippen LogP contribution in [0.25, 0.3) is 0 Å². The monoisotopic (exact) mass is 311 g/mol. The molecule has 22 heavy (non-hydrogen) atoms. The largest absolute Gasteiger partial charge is 0.378 e. The van der Waals surface area contributed by atoms with Crippen LogP contribution in [0, 0.1) is 40.9 Å². The van der Waals surface area contributed by atoms with E-state index in [0.717, 1.165) is 5.69 Å². The third-order valence-corrected chi connectivity index (χ3v) is 2.93. The molecule has 0 unspecified atom stereocenters. The molecule has 0 aliphatic carbocycles. The van der Waals surface area contributed by atoms with Gasteiger partial charge in [-0.3, -0.25) is 0 Å². The molecule has 0 fully saturated rings. The van der Waals surface area contributed by atoms with Crippen LogP contribution in [0.5, 0.6) is 0 Å². The zero-order chi connectivity index (χ0) is 16.4. The molecule has 0 spiro atoms. The fourth-order valence-corrected chi connectivity index (χ4v) is 1.69. The highest BCUT2D eigenvalue weighted by Crippen LogP contribution is 2.22. The predicted molar refractivity (Wildman–Crippen MR) is 73.0 cm³/mol. The standard InChI is InChI=1S/C16H10F5N/c1-22(2)10-6-3-9(4-7-10)5-8-11-12(17)14(19)16(21)15(20)13(11)18/h3-4,6-7H,1-2H3. The smallest absolute Gasteiger partial charge is 0.200 e. The first kappa shape index (κ1) is 15.8. The number of benzene rings is 2. The molecule has 2 aromatic rings. The van der Waals surface area contributed by atoms with Crippen LogP contribution in [-0.2, 0) is 0 Å². The first-order chi connectivity index (χ1) is 10.3. The van der Waals surface area contributed by atoms with E-state index in [-0.39, 0.29) is 0 Å². The number of rotatable bonds is 1. The molecule has 6 heteroatoms. The Morgan fingerprint density at radius 2 is 1.14 bits per heavy atom. The molecule has 0 radical (unpaired) electrons. The molecule has 1 nitrogen and oxygen atoms in total. The summed E-state index contributed by atoms with van der Waals surface area (Å²) in [5.74, 6) is -5.71. The van der Waals surface area contributed by atoms with Crippen molar-refractivity contribution in [3.05, 3.63) is 64.5 Å². The maximum Gasteiger partial charge on any atom is 0.200 e. The van der Waals surface area contributed by atoms with E-state index in [2.05, 4.69) is 5.92 Å². The lowest BCUT2D eigenvalue weighted by Gasteiger charge is -2.11. The zero-order valence-corrected chi connectivity index (χ0v) is 11.6. The van der Waals surface area contributed by atoms with E-state index in [4.69, 9.17) is 0 Å². The molecular formula is C16H10F5N. The molecule has 2 rings (SSSR count). The quantitative estimate of drug-likeness (QED) is 0.335. The van der Waals surface area contributed by atoms with Crippen molar-refractivity contribution in [1.29, 1.82) is 0 Å². The summed E-state index contributed by atoms with van der Waals surface area (Å²) in [5.41, 5.74) is 0.115. The van der Waals surface area contributed by atoms with E-state index in [1.807, 2.05) is 24.9 Å². The van der Waals surface area contributed by atoms with E-state index < -0.39 is 34.6 Å². The van der Waals surface area contributed by atoms with Crippen LogP contribution in [0.1, 0.15) is 11.1 Å². The second-order valence-electron chi connectivity index (χ2n) is 4.64. The fraction of sp³-hybridized carbons (Fsp3) is 0.125. The Hall–Kier alpha value is -2.55. The summed E-state index contributed by atoms with van der Waals surface area (Å²) in [6.45, 7) is 0. The summed E-state index contributed by atoms with van der Waals surface area (Å²) in [7, 11) is 3.66. The molecule has 0 aromatic heterocycles. The number of halogens is 5. The van der Waals surface area contributed by atoms with Crippen LogP contribution in [0.2, 0.25) is 0 Å². The Kier molecular flexibility index (Phi) is 4.36. The van der Waals surface area contributed by atoms with Gasteiger partial charge in [-0.1, -0.05) is 11.8 Å². The van der Waals surface area contributed by atoms with Gasteiger partial charge in [0.1, 0.15) is 5.56 Å². The predicted octanol–water partition coefficient (Wildman–Crippen LogP) is 3.85. The summed E-state index contributed by atoms with van der Waals surface area (Å²) in [6, 6.07) is 6.58. The lowest BCUT2D eigenvalue weighted by atomic mass is 10.1. The maximum atomic E-state index is 13.4. The zero-order valence-electron chi connectivity index (χ0n) is 11.6. The molecule has 0 aliphatic rings. The minimum Gasteiger partial charge on any atom is -0.378 e. The number of hydrogen-bond acceptors (Lipinski definition) is 1. The topological polar surface area (TPSA) is 3.24 Å².